The molecule has 1 aliphatic carbocycles. The van der Waals surface area contributed by atoms with E-state index in [0.717, 1.165) is 23.8 Å². The molecular formula is C12H18N6. The van der Waals surface area contributed by atoms with Crippen molar-refractivity contribution in [2.45, 2.75) is 25.7 Å². The van der Waals surface area contributed by atoms with Crippen LogP contribution in [-0.4, -0.2) is 33.5 Å². The molecule has 2 aromatic rings. The molecule has 0 aromatic carbocycles. The Morgan fingerprint density at radius 3 is 2.94 bits per heavy atom. The van der Waals surface area contributed by atoms with Gasteiger partial charge in [0.1, 0.15) is 5.52 Å². The number of nitrogens with two attached hydrogens (primary N) is 1. The van der Waals surface area contributed by atoms with Crippen LogP contribution >= 0.6 is 0 Å². The van der Waals surface area contributed by atoms with Gasteiger partial charge in [-0.1, -0.05) is 12.8 Å². The molecule has 3 rings (SSSR count). The molecule has 6 nitrogen and oxygen atoms in total. The Labute approximate surface area is 106 Å². The minimum atomic E-state index is 0.280. The van der Waals surface area contributed by atoms with E-state index in [-0.39, 0.29) is 5.95 Å². The first kappa shape index (κ1) is 11.3. The fourth-order valence-corrected chi connectivity index (χ4v) is 2.78. The molecule has 0 bridgehead atoms. The van der Waals surface area contributed by atoms with Crippen LogP contribution < -0.4 is 10.6 Å². The highest BCUT2D eigenvalue weighted by atomic mass is 15.2. The molecule has 6 heteroatoms. The summed E-state index contributed by atoms with van der Waals surface area (Å²) in [5.41, 5.74) is 7.23. The molecule has 1 aliphatic rings. The summed E-state index contributed by atoms with van der Waals surface area (Å²) in [5, 5.41) is 0. The van der Waals surface area contributed by atoms with Gasteiger partial charge >= 0.3 is 0 Å². The van der Waals surface area contributed by atoms with Crippen molar-refractivity contribution < 1.29 is 0 Å². The minimum Gasteiger partial charge on any atom is -0.368 e. The van der Waals surface area contributed by atoms with Crippen molar-refractivity contribution in [3.05, 3.63) is 6.33 Å². The van der Waals surface area contributed by atoms with Gasteiger partial charge in [-0.2, -0.15) is 9.97 Å². The van der Waals surface area contributed by atoms with Crippen molar-refractivity contribution >= 4 is 22.9 Å². The lowest BCUT2D eigenvalue weighted by Crippen LogP contribution is -2.25. The first-order chi connectivity index (χ1) is 8.74. The second-order valence-electron chi connectivity index (χ2n) is 5.04. The Balaban J connectivity index is 1.89. The lowest BCUT2D eigenvalue weighted by Gasteiger charge is -2.22. The molecule has 0 aliphatic heterocycles. The molecule has 0 spiro atoms. The van der Waals surface area contributed by atoms with Crippen molar-refractivity contribution in [2.75, 3.05) is 24.2 Å². The fourth-order valence-electron chi connectivity index (χ4n) is 2.78. The third kappa shape index (κ3) is 1.98. The van der Waals surface area contributed by atoms with Crippen LogP contribution in [0.2, 0.25) is 0 Å². The van der Waals surface area contributed by atoms with Gasteiger partial charge < -0.3 is 15.6 Å². The van der Waals surface area contributed by atoms with Gasteiger partial charge in [-0.3, -0.25) is 0 Å². The molecule has 0 atom stereocenters. The van der Waals surface area contributed by atoms with E-state index in [1.807, 2.05) is 0 Å². The summed E-state index contributed by atoms with van der Waals surface area (Å²) < 4.78 is 0. The highest BCUT2D eigenvalue weighted by molar-refractivity contribution is 5.83. The molecule has 1 fully saturated rings. The van der Waals surface area contributed by atoms with Gasteiger partial charge in [0.15, 0.2) is 11.5 Å². The number of hydrogen-bond donors (Lipinski definition) is 2. The quantitative estimate of drug-likeness (QED) is 0.858. The van der Waals surface area contributed by atoms with Crippen LogP contribution in [0.1, 0.15) is 25.7 Å². The molecule has 0 radical (unpaired) electrons. The molecule has 96 valence electrons. The monoisotopic (exact) mass is 246 g/mol. The van der Waals surface area contributed by atoms with E-state index < -0.39 is 0 Å². The van der Waals surface area contributed by atoms with E-state index in [1.165, 1.54) is 25.7 Å². The number of nitrogens with one attached hydrogen (secondary N) is 1. The number of imidazole rings is 1. The topological polar surface area (TPSA) is 83.7 Å². The predicted octanol–water partition coefficient (Wildman–Crippen LogP) is 1.56. The summed E-state index contributed by atoms with van der Waals surface area (Å²) in [6.07, 6.45) is 6.97. The molecule has 1 saturated carbocycles. The molecule has 0 amide bonds. The number of hydrogen-bond acceptors (Lipinski definition) is 5. The third-order valence-electron chi connectivity index (χ3n) is 3.65. The molecular weight excluding hydrogens is 228 g/mol. The van der Waals surface area contributed by atoms with E-state index in [9.17, 15) is 0 Å². The van der Waals surface area contributed by atoms with Crippen molar-refractivity contribution in [3.63, 3.8) is 0 Å². The number of aromatic amines is 1. The Hall–Kier alpha value is -1.85. The Morgan fingerprint density at radius 1 is 1.39 bits per heavy atom. The van der Waals surface area contributed by atoms with Crippen molar-refractivity contribution in [1.29, 1.82) is 0 Å². The molecule has 0 unspecified atom stereocenters. The lowest BCUT2D eigenvalue weighted by atomic mass is 10.1. The summed E-state index contributed by atoms with van der Waals surface area (Å²) >= 11 is 0. The van der Waals surface area contributed by atoms with E-state index >= 15 is 0 Å². The van der Waals surface area contributed by atoms with Gasteiger partial charge in [-0.15, -0.1) is 0 Å². The molecule has 2 aromatic heterocycles. The van der Waals surface area contributed by atoms with Gasteiger partial charge in [-0.25, -0.2) is 4.98 Å². The highest BCUT2D eigenvalue weighted by Crippen LogP contribution is 2.28. The second kappa shape index (κ2) is 4.44. The summed E-state index contributed by atoms with van der Waals surface area (Å²) in [6, 6.07) is 0. The molecule has 18 heavy (non-hydrogen) atoms. The average Bonchev–Trinajstić information content (AvgIpc) is 2.97. The van der Waals surface area contributed by atoms with E-state index in [1.54, 1.807) is 6.33 Å². The number of anilines is 2. The maximum atomic E-state index is 5.73. The van der Waals surface area contributed by atoms with Crippen molar-refractivity contribution in [3.8, 4) is 0 Å². The zero-order valence-electron chi connectivity index (χ0n) is 10.6. The van der Waals surface area contributed by atoms with E-state index in [0.29, 0.717) is 5.65 Å². The Kier molecular flexibility index (Phi) is 2.77. The lowest BCUT2D eigenvalue weighted by molar-refractivity contribution is 0.545. The van der Waals surface area contributed by atoms with E-state index in [2.05, 4.69) is 31.9 Å². The fraction of sp³-hybridized carbons (Fsp3) is 0.583. The number of nitrogens with zero attached hydrogens (tertiary/aromatic N) is 4. The van der Waals surface area contributed by atoms with E-state index in [4.69, 9.17) is 5.73 Å². The number of nitrogen functional groups attached to an aromatic ring is 1. The number of H-pyrrole nitrogens is 1. The van der Waals surface area contributed by atoms with Gasteiger partial charge in [0.05, 0.1) is 6.33 Å². The predicted molar refractivity (Wildman–Crippen MR) is 71.3 cm³/mol. The van der Waals surface area contributed by atoms with Crippen LogP contribution in [0.3, 0.4) is 0 Å². The third-order valence-corrected chi connectivity index (χ3v) is 3.65. The minimum absolute atomic E-state index is 0.280. The van der Waals surface area contributed by atoms with Gasteiger partial charge in [-0.05, 0) is 18.8 Å². The maximum Gasteiger partial charge on any atom is 0.224 e. The molecule has 3 N–H and O–H groups in total. The maximum absolute atomic E-state index is 5.73. The van der Waals surface area contributed by atoms with Crippen molar-refractivity contribution in [2.24, 2.45) is 5.92 Å². The van der Waals surface area contributed by atoms with Crippen LogP contribution in [0.5, 0.6) is 0 Å². The standard InChI is InChI=1S/C12H18N6/c1-18(6-8-4-2-3-5-8)11-9-10(15-7-14-9)16-12(13)17-11/h7-8H,2-6H2,1H3,(H3,13,14,15,16,17). The van der Waals surface area contributed by atoms with Gasteiger partial charge in [0.2, 0.25) is 5.95 Å². The van der Waals surface area contributed by atoms with Gasteiger partial charge in [0, 0.05) is 13.6 Å². The summed E-state index contributed by atoms with van der Waals surface area (Å²) in [4.78, 5) is 17.8. The first-order valence-electron chi connectivity index (χ1n) is 6.42. The summed E-state index contributed by atoms with van der Waals surface area (Å²) in [6.45, 7) is 1.02. The Morgan fingerprint density at radius 2 is 2.17 bits per heavy atom. The molecule has 2 heterocycles. The van der Waals surface area contributed by atoms with Crippen LogP contribution in [0.25, 0.3) is 11.2 Å². The zero-order chi connectivity index (χ0) is 12.5. The highest BCUT2D eigenvalue weighted by Gasteiger charge is 2.19. The Bertz CT molecular complexity index is 542. The number of fused-ring (bicyclic) bond motifs is 1. The van der Waals surface area contributed by atoms with Crippen LogP contribution in [0.15, 0.2) is 6.33 Å². The van der Waals surface area contributed by atoms with Crippen LogP contribution in [0, 0.1) is 5.92 Å². The first-order valence-corrected chi connectivity index (χ1v) is 6.42. The smallest absolute Gasteiger partial charge is 0.224 e. The molecule has 0 saturated heterocycles. The van der Waals surface area contributed by atoms with Crippen LogP contribution in [-0.2, 0) is 0 Å². The zero-order valence-corrected chi connectivity index (χ0v) is 10.6. The SMILES string of the molecule is CN(CC1CCCC1)c1nc(N)nc2nc[nH]c12. The average molecular weight is 246 g/mol. The number of aromatic nitrogens is 4. The van der Waals surface area contributed by atoms with Crippen LogP contribution in [0.4, 0.5) is 11.8 Å². The normalized spacial score (nSPS) is 16.5. The van der Waals surface area contributed by atoms with Gasteiger partial charge in [0.25, 0.3) is 0 Å². The largest absolute Gasteiger partial charge is 0.368 e. The van der Waals surface area contributed by atoms with Crippen molar-refractivity contribution in [1.82, 2.24) is 19.9 Å². The second-order valence-corrected chi connectivity index (χ2v) is 5.04. The number of rotatable bonds is 3. The summed E-state index contributed by atoms with van der Waals surface area (Å²) in [7, 11) is 2.06. The summed E-state index contributed by atoms with van der Waals surface area (Å²) in [5.74, 6) is 1.90.